The quantitative estimate of drug-likeness (QED) is 0.274. The first-order valence-electron chi connectivity index (χ1n) is 11.9. The Morgan fingerprint density at radius 3 is 2.60 bits per heavy atom. The molecule has 0 aliphatic heterocycles. The molecule has 0 bridgehead atoms. The van der Waals surface area contributed by atoms with Gasteiger partial charge in [0.25, 0.3) is 0 Å². The summed E-state index contributed by atoms with van der Waals surface area (Å²) < 4.78 is 6.04. The summed E-state index contributed by atoms with van der Waals surface area (Å²) in [7, 11) is 1.92. The Bertz CT molecular complexity index is 1530. The molecule has 0 unspecified atom stereocenters. The van der Waals surface area contributed by atoms with Crippen molar-refractivity contribution in [2.45, 2.75) is 33.3 Å². The van der Waals surface area contributed by atoms with Crippen LogP contribution in [0.2, 0.25) is 0 Å². The van der Waals surface area contributed by atoms with Crippen molar-refractivity contribution >= 4 is 33.3 Å². The van der Waals surface area contributed by atoms with Gasteiger partial charge < -0.3 is 15.8 Å². The summed E-state index contributed by atoms with van der Waals surface area (Å²) >= 11 is 0. The van der Waals surface area contributed by atoms with Crippen molar-refractivity contribution in [2.75, 3.05) is 18.1 Å². The largest absolute Gasteiger partial charge is 0.489 e. The van der Waals surface area contributed by atoms with Crippen LogP contribution in [-0.2, 0) is 19.4 Å². The fraction of sp³-hybridized carbons (Fsp3) is 0.200. The highest BCUT2D eigenvalue weighted by atomic mass is 16.5. The summed E-state index contributed by atoms with van der Waals surface area (Å²) in [6.07, 6.45) is 3.75. The molecular weight excluding hydrogens is 432 g/mol. The van der Waals surface area contributed by atoms with Crippen LogP contribution in [-0.4, -0.2) is 17.0 Å². The standard InChI is InChI=1S/C30H30N4O/c1-19-7-12-26-27-16-21(17-33-29(27)30(31)34-28(26)13-19)8-9-23-10-11-25(14-20(23)2)35-18-22-5-4-6-24(15-22)32-3/h4-7,10-17,32H,8-9,18H2,1-3H3,(H2,31,34). The lowest BCUT2D eigenvalue weighted by Crippen LogP contribution is -2.00. The number of nitrogen functional groups attached to an aromatic ring is 1. The van der Waals surface area contributed by atoms with Gasteiger partial charge in [0, 0.05) is 29.7 Å². The molecule has 0 fully saturated rings. The third kappa shape index (κ3) is 4.90. The number of hydrogen-bond acceptors (Lipinski definition) is 5. The molecule has 35 heavy (non-hydrogen) atoms. The number of nitrogens with zero attached hydrogens (tertiary/aromatic N) is 2. The smallest absolute Gasteiger partial charge is 0.150 e. The van der Waals surface area contributed by atoms with Crippen molar-refractivity contribution in [1.29, 1.82) is 0 Å². The molecule has 0 aliphatic carbocycles. The predicted octanol–water partition coefficient (Wildman–Crippen LogP) is 6.39. The summed E-state index contributed by atoms with van der Waals surface area (Å²) in [6, 6.07) is 23.1. The number of fused-ring (bicyclic) bond motifs is 3. The lowest BCUT2D eigenvalue weighted by atomic mass is 9.99. The van der Waals surface area contributed by atoms with Gasteiger partial charge in [-0.05, 0) is 90.9 Å². The maximum Gasteiger partial charge on any atom is 0.150 e. The summed E-state index contributed by atoms with van der Waals surface area (Å²) in [6.45, 7) is 4.75. The number of anilines is 2. The average Bonchev–Trinajstić information content (AvgIpc) is 2.87. The number of nitrogens with one attached hydrogen (secondary N) is 1. The van der Waals surface area contributed by atoms with E-state index in [0.29, 0.717) is 12.4 Å². The number of hydrogen-bond donors (Lipinski definition) is 2. The third-order valence-electron chi connectivity index (χ3n) is 6.49. The Morgan fingerprint density at radius 2 is 1.77 bits per heavy atom. The van der Waals surface area contributed by atoms with Crippen LogP contribution in [0.1, 0.15) is 27.8 Å². The minimum atomic E-state index is 0.480. The molecule has 0 amide bonds. The summed E-state index contributed by atoms with van der Waals surface area (Å²) in [5.74, 6) is 1.37. The summed E-state index contributed by atoms with van der Waals surface area (Å²) in [5, 5.41) is 5.32. The van der Waals surface area contributed by atoms with E-state index in [0.717, 1.165) is 51.6 Å². The van der Waals surface area contributed by atoms with Crippen molar-refractivity contribution in [3.05, 3.63) is 101 Å². The van der Waals surface area contributed by atoms with E-state index in [4.69, 9.17) is 10.5 Å². The SMILES string of the molecule is CNc1cccc(COc2ccc(CCc3cnc4c(N)nc5cc(C)ccc5c4c3)c(C)c2)c1. The van der Waals surface area contributed by atoms with E-state index in [1.54, 1.807) is 0 Å². The average molecular weight is 463 g/mol. The zero-order chi connectivity index (χ0) is 24.4. The van der Waals surface area contributed by atoms with E-state index in [-0.39, 0.29) is 0 Å². The van der Waals surface area contributed by atoms with Gasteiger partial charge in [0.15, 0.2) is 5.82 Å². The lowest BCUT2D eigenvalue weighted by molar-refractivity contribution is 0.306. The first kappa shape index (κ1) is 22.7. The zero-order valence-corrected chi connectivity index (χ0v) is 20.4. The number of pyridine rings is 2. The Morgan fingerprint density at radius 1 is 0.886 bits per heavy atom. The van der Waals surface area contributed by atoms with E-state index >= 15 is 0 Å². The van der Waals surface area contributed by atoms with E-state index < -0.39 is 0 Å². The van der Waals surface area contributed by atoms with Gasteiger partial charge in [-0.2, -0.15) is 0 Å². The highest BCUT2D eigenvalue weighted by Crippen LogP contribution is 2.28. The fourth-order valence-electron chi connectivity index (χ4n) is 4.50. The molecule has 5 heteroatoms. The van der Waals surface area contributed by atoms with Crippen LogP contribution in [0, 0.1) is 13.8 Å². The molecule has 2 heterocycles. The second kappa shape index (κ2) is 9.63. The Balaban J connectivity index is 1.30. The van der Waals surface area contributed by atoms with E-state index in [1.807, 2.05) is 25.4 Å². The van der Waals surface area contributed by atoms with Crippen molar-refractivity contribution < 1.29 is 4.74 Å². The van der Waals surface area contributed by atoms with Crippen molar-refractivity contribution in [3.63, 3.8) is 0 Å². The van der Waals surface area contributed by atoms with Crippen molar-refractivity contribution in [1.82, 2.24) is 9.97 Å². The van der Waals surface area contributed by atoms with Gasteiger partial charge >= 0.3 is 0 Å². The molecule has 5 nitrogen and oxygen atoms in total. The highest BCUT2D eigenvalue weighted by molar-refractivity contribution is 6.08. The van der Waals surface area contributed by atoms with Crippen molar-refractivity contribution in [3.8, 4) is 5.75 Å². The van der Waals surface area contributed by atoms with Gasteiger partial charge in [0.2, 0.25) is 0 Å². The van der Waals surface area contributed by atoms with Crippen LogP contribution >= 0.6 is 0 Å². The maximum absolute atomic E-state index is 6.21. The minimum absolute atomic E-state index is 0.480. The number of rotatable bonds is 7. The molecule has 3 aromatic carbocycles. The maximum atomic E-state index is 6.21. The molecular formula is C30H30N4O. The van der Waals surface area contributed by atoms with Gasteiger partial charge in [-0.15, -0.1) is 0 Å². The van der Waals surface area contributed by atoms with Crippen LogP contribution in [0.3, 0.4) is 0 Å². The number of ether oxygens (including phenoxy) is 1. The van der Waals surface area contributed by atoms with Gasteiger partial charge in [-0.25, -0.2) is 4.98 Å². The number of aryl methyl sites for hydroxylation is 4. The Labute approximate surface area is 206 Å². The van der Waals surface area contributed by atoms with Gasteiger partial charge in [0.05, 0.1) is 5.52 Å². The number of benzene rings is 3. The molecule has 5 aromatic rings. The van der Waals surface area contributed by atoms with Gasteiger partial charge in [0.1, 0.15) is 17.9 Å². The van der Waals surface area contributed by atoms with Crippen LogP contribution < -0.4 is 15.8 Å². The second-order valence-corrected chi connectivity index (χ2v) is 9.08. The van der Waals surface area contributed by atoms with Crippen LogP contribution in [0.25, 0.3) is 21.8 Å². The van der Waals surface area contributed by atoms with Crippen LogP contribution in [0.15, 0.2) is 72.9 Å². The van der Waals surface area contributed by atoms with E-state index in [9.17, 15) is 0 Å². The fourth-order valence-corrected chi connectivity index (χ4v) is 4.50. The number of nitrogens with two attached hydrogens (primary N) is 1. The molecule has 2 aromatic heterocycles. The van der Waals surface area contributed by atoms with Crippen LogP contribution in [0.4, 0.5) is 11.5 Å². The Kier molecular flexibility index (Phi) is 6.23. The predicted molar refractivity (Wildman–Crippen MR) is 145 cm³/mol. The first-order valence-corrected chi connectivity index (χ1v) is 11.9. The van der Waals surface area contributed by atoms with Gasteiger partial charge in [-0.1, -0.05) is 30.3 Å². The van der Waals surface area contributed by atoms with Gasteiger partial charge in [-0.3, -0.25) is 4.98 Å². The molecule has 176 valence electrons. The molecule has 0 saturated heterocycles. The molecule has 3 N–H and O–H groups in total. The van der Waals surface area contributed by atoms with Crippen LogP contribution in [0.5, 0.6) is 5.75 Å². The van der Waals surface area contributed by atoms with Crippen molar-refractivity contribution in [2.24, 2.45) is 0 Å². The molecule has 0 aliphatic rings. The number of aromatic nitrogens is 2. The lowest BCUT2D eigenvalue weighted by Gasteiger charge is -2.12. The summed E-state index contributed by atoms with van der Waals surface area (Å²) in [4.78, 5) is 9.21. The summed E-state index contributed by atoms with van der Waals surface area (Å²) in [5.41, 5.74) is 15.0. The first-order chi connectivity index (χ1) is 17.0. The monoisotopic (exact) mass is 462 g/mol. The third-order valence-corrected chi connectivity index (χ3v) is 6.49. The minimum Gasteiger partial charge on any atom is -0.489 e. The molecule has 0 radical (unpaired) electrons. The molecule has 0 spiro atoms. The zero-order valence-electron chi connectivity index (χ0n) is 20.4. The Hall–Kier alpha value is -4.12. The topological polar surface area (TPSA) is 73.1 Å². The normalized spacial score (nSPS) is 11.2. The highest BCUT2D eigenvalue weighted by Gasteiger charge is 2.10. The van der Waals surface area contributed by atoms with E-state index in [1.165, 1.54) is 22.3 Å². The van der Waals surface area contributed by atoms with E-state index in [2.05, 4.69) is 83.7 Å². The molecule has 0 atom stereocenters. The second-order valence-electron chi connectivity index (χ2n) is 9.08. The molecule has 0 saturated carbocycles. The molecule has 5 rings (SSSR count).